The van der Waals surface area contributed by atoms with E-state index >= 15 is 0 Å². The van der Waals surface area contributed by atoms with E-state index in [2.05, 4.69) is 0 Å². The van der Waals surface area contributed by atoms with Crippen LogP contribution in [0.1, 0.15) is 57.8 Å². The molecule has 0 saturated heterocycles. The van der Waals surface area contributed by atoms with E-state index in [4.69, 9.17) is 39.5 Å². The number of carbonyl (C=O) groups is 1. The second kappa shape index (κ2) is 6.87. The van der Waals surface area contributed by atoms with Gasteiger partial charge in [-0.3, -0.25) is 0 Å². The maximum absolute atomic E-state index is 11.7. The Bertz CT molecular complexity index is 308. The van der Waals surface area contributed by atoms with E-state index in [9.17, 15) is 4.79 Å². The summed E-state index contributed by atoms with van der Waals surface area (Å²) in [5.41, 5.74) is 0. The summed E-state index contributed by atoms with van der Waals surface area (Å²) < 4.78 is 3.54. The molecule has 0 N–H and O–H groups in total. The van der Waals surface area contributed by atoms with Crippen molar-refractivity contribution >= 4 is 40.8 Å². The summed E-state index contributed by atoms with van der Waals surface area (Å²) in [6.07, 6.45) is 10.8. The molecule has 0 unspecified atom stereocenters. The van der Waals surface area contributed by atoms with Gasteiger partial charge in [0.05, 0.1) is 0 Å². The molecule has 2 saturated carbocycles. The minimum absolute atomic E-state index is 0.0556. The summed E-state index contributed by atoms with van der Waals surface area (Å²) >= 11 is 16.8. The van der Waals surface area contributed by atoms with Crippen LogP contribution in [0.2, 0.25) is 0 Å². The molecular formula is C14H21Cl3O2. The first kappa shape index (κ1) is 15.7. The van der Waals surface area contributed by atoms with Gasteiger partial charge in [-0.15, -0.1) is 0 Å². The largest absolute Gasteiger partial charge is 0.459 e. The van der Waals surface area contributed by atoms with Crippen molar-refractivity contribution in [1.29, 1.82) is 0 Å². The number of carbonyl (C=O) groups excluding carboxylic acids is 1. The fourth-order valence-corrected chi connectivity index (χ4v) is 3.71. The first-order valence-corrected chi connectivity index (χ1v) is 8.39. The van der Waals surface area contributed by atoms with Gasteiger partial charge in [-0.1, -0.05) is 73.3 Å². The van der Waals surface area contributed by atoms with Crippen LogP contribution in [0.25, 0.3) is 0 Å². The Morgan fingerprint density at radius 1 is 0.895 bits per heavy atom. The minimum atomic E-state index is -1.95. The molecule has 0 bridgehead atoms. The molecule has 2 aliphatic rings. The van der Waals surface area contributed by atoms with E-state index in [1.807, 2.05) is 0 Å². The Balaban J connectivity index is 1.97. The van der Waals surface area contributed by atoms with E-state index < -0.39 is 9.76 Å². The minimum Gasteiger partial charge on any atom is -0.459 e. The van der Waals surface area contributed by atoms with Crippen molar-refractivity contribution < 1.29 is 9.53 Å². The molecule has 5 heteroatoms. The highest BCUT2D eigenvalue weighted by Gasteiger charge is 2.39. The van der Waals surface area contributed by atoms with Crippen molar-refractivity contribution in [3.05, 3.63) is 0 Å². The molecule has 0 spiro atoms. The lowest BCUT2D eigenvalue weighted by Crippen LogP contribution is -2.38. The Kier molecular flexibility index (Phi) is 5.68. The molecule has 2 nitrogen and oxygen atoms in total. The van der Waals surface area contributed by atoms with E-state index in [-0.39, 0.29) is 6.10 Å². The van der Waals surface area contributed by atoms with Crippen molar-refractivity contribution in [3.8, 4) is 0 Å². The van der Waals surface area contributed by atoms with Crippen LogP contribution >= 0.6 is 34.8 Å². The first-order chi connectivity index (χ1) is 8.98. The monoisotopic (exact) mass is 326 g/mol. The average Bonchev–Trinajstić information content (AvgIpc) is 2.39. The summed E-state index contributed by atoms with van der Waals surface area (Å²) in [6, 6.07) is 0. The van der Waals surface area contributed by atoms with Crippen molar-refractivity contribution in [2.45, 2.75) is 67.7 Å². The summed E-state index contributed by atoms with van der Waals surface area (Å²) in [7, 11) is 0. The Labute approximate surface area is 130 Å². The number of hydrogen-bond acceptors (Lipinski definition) is 2. The molecule has 2 atom stereocenters. The van der Waals surface area contributed by atoms with E-state index in [1.165, 1.54) is 38.5 Å². The predicted molar refractivity (Wildman–Crippen MR) is 78.7 cm³/mol. The highest BCUT2D eigenvalue weighted by Crippen LogP contribution is 2.40. The van der Waals surface area contributed by atoms with Crippen LogP contribution in [0.3, 0.4) is 0 Å². The second-order valence-corrected chi connectivity index (χ2v) is 8.07. The van der Waals surface area contributed by atoms with Crippen molar-refractivity contribution in [2.24, 2.45) is 11.8 Å². The van der Waals surface area contributed by atoms with Gasteiger partial charge in [0.25, 0.3) is 3.79 Å². The van der Waals surface area contributed by atoms with Crippen molar-refractivity contribution in [1.82, 2.24) is 0 Å². The lowest BCUT2D eigenvalue weighted by Gasteiger charge is -2.38. The maximum atomic E-state index is 11.7. The zero-order chi connectivity index (χ0) is 13.9. The van der Waals surface area contributed by atoms with Crippen LogP contribution < -0.4 is 0 Å². The number of rotatable bonds is 2. The van der Waals surface area contributed by atoms with Crippen LogP contribution in [0.15, 0.2) is 0 Å². The number of esters is 1. The highest BCUT2D eigenvalue weighted by molar-refractivity contribution is 6.75. The zero-order valence-electron chi connectivity index (χ0n) is 11.0. The Morgan fingerprint density at radius 2 is 1.47 bits per heavy atom. The third-order valence-corrected chi connectivity index (χ3v) is 4.96. The summed E-state index contributed by atoms with van der Waals surface area (Å²) in [6.45, 7) is 0. The number of ether oxygens (including phenoxy) is 1. The van der Waals surface area contributed by atoms with E-state index in [1.54, 1.807) is 0 Å². The second-order valence-electron chi connectivity index (χ2n) is 5.79. The molecule has 2 aliphatic carbocycles. The van der Waals surface area contributed by atoms with Crippen molar-refractivity contribution in [2.75, 3.05) is 0 Å². The quantitative estimate of drug-likeness (QED) is 0.524. The molecule has 0 aliphatic heterocycles. The van der Waals surface area contributed by atoms with Crippen molar-refractivity contribution in [3.63, 3.8) is 0 Å². The average molecular weight is 328 g/mol. The number of halogens is 3. The van der Waals surface area contributed by atoms with Crippen LogP contribution in [0.4, 0.5) is 0 Å². The SMILES string of the molecule is O=C(O[C@@H]1CCCC[C@@H]1C1CCCCC1)C(Cl)(Cl)Cl. The molecule has 110 valence electrons. The highest BCUT2D eigenvalue weighted by atomic mass is 35.6. The standard InChI is InChI=1S/C14H21Cl3O2/c15-14(16,17)13(18)19-12-9-5-4-8-11(12)10-6-2-1-3-7-10/h10-12H,1-9H2/t11-,12-/m1/s1. The Hall–Kier alpha value is 0.340. The van der Waals surface area contributed by atoms with Gasteiger partial charge in [-0.2, -0.15) is 0 Å². The maximum Gasteiger partial charge on any atom is 0.358 e. The lowest BCUT2D eigenvalue weighted by molar-refractivity contribution is -0.154. The summed E-state index contributed by atoms with van der Waals surface area (Å²) in [4.78, 5) is 11.7. The molecular weight excluding hydrogens is 307 g/mol. The lowest BCUT2D eigenvalue weighted by atomic mass is 9.72. The van der Waals surface area contributed by atoms with Gasteiger partial charge in [0.2, 0.25) is 0 Å². The first-order valence-electron chi connectivity index (χ1n) is 7.26. The molecule has 0 radical (unpaired) electrons. The van der Waals surface area contributed by atoms with Crippen LogP contribution in [-0.2, 0) is 9.53 Å². The smallest absolute Gasteiger partial charge is 0.358 e. The molecule has 2 fully saturated rings. The fourth-order valence-electron chi connectivity index (χ4n) is 3.58. The summed E-state index contributed by atoms with van der Waals surface area (Å²) in [5.74, 6) is 0.429. The van der Waals surface area contributed by atoms with Gasteiger partial charge in [-0.25, -0.2) is 4.79 Å². The van der Waals surface area contributed by atoms with Crippen LogP contribution in [0.5, 0.6) is 0 Å². The van der Waals surface area contributed by atoms with Gasteiger partial charge in [0.15, 0.2) is 0 Å². The van der Waals surface area contributed by atoms with Gasteiger partial charge >= 0.3 is 5.97 Å². The molecule has 0 amide bonds. The molecule has 2 rings (SSSR count). The zero-order valence-corrected chi connectivity index (χ0v) is 13.3. The van der Waals surface area contributed by atoms with Gasteiger partial charge in [-0.05, 0) is 31.1 Å². The summed E-state index contributed by atoms with van der Waals surface area (Å²) in [5, 5.41) is 0. The van der Waals surface area contributed by atoms with Gasteiger partial charge in [0, 0.05) is 0 Å². The predicted octanol–water partition coefficient (Wildman–Crippen LogP) is 5.04. The molecule has 0 aromatic carbocycles. The third-order valence-electron chi connectivity index (χ3n) is 4.50. The molecule has 0 heterocycles. The Morgan fingerprint density at radius 3 is 2.11 bits per heavy atom. The van der Waals surface area contributed by atoms with Crippen LogP contribution in [0, 0.1) is 11.8 Å². The topological polar surface area (TPSA) is 26.3 Å². The number of hydrogen-bond donors (Lipinski definition) is 0. The van der Waals surface area contributed by atoms with E-state index in [0.717, 1.165) is 19.3 Å². The van der Waals surface area contributed by atoms with Gasteiger partial charge < -0.3 is 4.74 Å². The molecule has 0 aromatic heterocycles. The molecule has 19 heavy (non-hydrogen) atoms. The van der Waals surface area contributed by atoms with Crippen LogP contribution in [-0.4, -0.2) is 15.9 Å². The third kappa shape index (κ3) is 4.41. The van der Waals surface area contributed by atoms with Gasteiger partial charge in [0.1, 0.15) is 6.10 Å². The normalized spacial score (nSPS) is 30.1. The number of alkyl halides is 3. The molecule has 0 aromatic rings. The van der Waals surface area contributed by atoms with E-state index in [0.29, 0.717) is 11.8 Å². The fraction of sp³-hybridized carbons (Fsp3) is 0.929.